The van der Waals surface area contributed by atoms with E-state index in [9.17, 15) is 5.11 Å². The first-order chi connectivity index (χ1) is 8.72. The maximum atomic E-state index is 9.50. The first kappa shape index (κ1) is 11.4. The SMILES string of the molecule is CC(O)c1ccn(CC2Cc3ccccc3O2)c1. The van der Waals surface area contributed by atoms with Gasteiger partial charge in [0, 0.05) is 18.8 Å². The predicted octanol–water partition coefficient (Wildman–Crippen LogP) is 2.55. The lowest BCUT2D eigenvalue weighted by atomic mass is 10.1. The summed E-state index contributed by atoms with van der Waals surface area (Å²) in [6.07, 6.45) is 4.72. The van der Waals surface area contributed by atoms with Crippen molar-refractivity contribution in [3.63, 3.8) is 0 Å². The largest absolute Gasteiger partial charge is 0.488 e. The topological polar surface area (TPSA) is 34.4 Å². The zero-order valence-electron chi connectivity index (χ0n) is 10.4. The van der Waals surface area contributed by atoms with E-state index in [-0.39, 0.29) is 6.10 Å². The molecule has 2 unspecified atom stereocenters. The summed E-state index contributed by atoms with van der Waals surface area (Å²) in [6.45, 7) is 2.60. The molecular formula is C15H17NO2. The van der Waals surface area contributed by atoms with Crippen molar-refractivity contribution in [2.45, 2.75) is 32.1 Å². The fraction of sp³-hybridized carbons (Fsp3) is 0.333. The summed E-state index contributed by atoms with van der Waals surface area (Å²) in [5, 5.41) is 9.50. The zero-order valence-corrected chi connectivity index (χ0v) is 10.4. The third-order valence-electron chi connectivity index (χ3n) is 3.38. The molecule has 18 heavy (non-hydrogen) atoms. The minimum Gasteiger partial charge on any atom is -0.488 e. The Hall–Kier alpha value is -1.74. The summed E-state index contributed by atoms with van der Waals surface area (Å²) in [7, 11) is 0. The van der Waals surface area contributed by atoms with Gasteiger partial charge in [-0.1, -0.05) is 18.2 Å². The van der Waals surface area contributed by atoms with Crippen molar-refractivity contribution in [3.05, 3.63) is 53.9 Å². The van der Waals surface area contributed by atoms with Gasteiger partial charge in [-0.3, -0.25) is 0 Å². The van der Waals surface area contributed by atoms with Crippen LogP contribution in [-0.2, 0) is 13.0 Å². The number of fused-ring (bicyclic) bond motifs is 1. The monoisotopic (exact) mass is 243 g/mol. The Morgan fingerprint density at radius 3 is 2.94 bits per heavy atom. The quantitative estimate of drug-likeness (QED) is 0.899. The molecule has 1 aliphatic rings. The molecule has 0 bridgehead atoms. The zero-order chi connectivity index (χ0) is 12.5. The number of hydrogen-bond donors (Lipinski definition) is 1. The lowest BCUT2D eigenvalue weighted by molar-refractivity contribution is 0.197. The highest BCUT2D eigenvalue weighted by Crippen LogP contribution is 2.28. The molecule has 0 radical (unpaired) electrons. The second-order valence-corrected chi connectivity index (χ2v) is 4.87. The molecule has 2 aromatic rings. The third-order valence-corrected chi connectivity index (χ3v) is 3.38. The molecular weight excluding hydrogens is 226 g/mol. The Bertz CT molecular complexity index is 520. The van der Waals surface area contributed by atoms with Gasteiger partial charge in [-0.15, -0.1) is 0 Å². The first-order valence-electron chi connectivity index (χ1n) is 6.30. The molecule has 1 aromatic carbocycles. The van der Waals surface area contributed by atoms with Crippen LogP contribution in [0.4, 0.5) is 0 Å². The predicted molar refractivity (Wildman–Crippen MR) is 69.6 cm³/mol. The van der Waals surface area contributed by atoms with E-state index in [0.29, 0.717) is 0 Å². The van der Waals surface area contributed by atoms with Crippen molar-refractivity contribution in [1.82, 2.24) is 4.57 Å². The number of nitrogens with zero attached hydrogens (tertiary/aromatic N) is 1. The summed E-state index contributed by atoms with van der Waals surface area (Å²) < 4.78 is 7.98. The molecule has 3 nitrogen and oxygen atoms in total. The van der Waals surface area contributed by atoms with Gasteiger partial charge in [0.2, 0.25) is 0 Å². The molecule has 0 saturated heterocycles. The van der Waals surface area contributed by atoms with Gasteiger partial charge in [0.1, 0.15) is 11.9 Å². The molecule has 0 amide bonds. The normalized spacial score (nSPS) is 19.3. The number of aromatic nitrogens is 1. The summed E-state index contributed by atoms with van der Waals surface area (Å²) in [5.41, 5.74) is 2.23. The number of benzene rings is 1. The first-order valence-corrected chi connectivity index (χ1v) is 6.30. The number of rotatable bonds is 3. The van der Waals surface area contributed by atoms with Crippen LogP contribution in [0.1, 0.15) is 24.2 Å². The highest BCUT2D eigenvalue weighted by atomic mass is 16.5. The van der Waals surface area contributed by atoms with Crippen LogP contribution < -0.4 is 4.74 Å². The van der Waals surface area contributed by atoms with Crippen molar-refractivity contribution >= 4 is 0 Å². The van der Waals surface area contributed by atoms with Crippen LogP contribution in [0.25, 0.3) is 0 Å². The fourth-order valence-corrected chi connectivity index (χ4v) is 2.41. The van der Waals surface area contributed by atoms with Crippen molar-refractivity contribution < 1.29 is 9.84 Å². The van der Waals surface area contributed by atoms with Crippen LogP contribution in [0.5, 0.6) is 5.75 Å². The van der Waals surface area contributed by atoms with Crippen LogP contribution in [0.2, 0.25) is 0 Å². The minimum absolute atomic E-state index is 0.191. The van der Waals surface area contributed by atoms with Crippen molar-refractivity contribution in [3.8, 4) is 5.75 Å². The molecule has 1 N–H and O–H groups in total. The molecule has 0 aliphatic carbocycles. The summed E-state index contributed by atoms with van der Waals surface area (Å²) in [5.74, 6) is 1.01. The molecule has 1 aliphatic heterocycles. The van der Waals surface area contributed by atoms with E-state index >= 15 is 0 Å². The summed E-state index contributed by atoms with van der Waals surface area (Å²) in [4.78, 5) is 0. The molecule has 3 rings (SSSR count). The van der Waals surface area contributed by atoms with Crippen LogP contribution in [0, 0.1) is 0 Å². The van der Waals surface area contributed by atoms with Gasteiger partial charge in [0.05, 0.1) is 12.6 Å². The van der Waals surface area contributed by atoms with Crippen LogP contribution >= 0.6 is 0 Å². The van der Waals surface area contributed by atoms with Gasteiger partial charge >= 0.3 is 0 Å². The number of ether oxygens (including phenoxy) is 1. The van der Waals surface area contributed by atoms with Gasteiger partial charge in [-0.05, 0) is 30.2 Å². The average Bonchev–Trinajstić information content (AvgIpc) is 2.94. The molecule has 94 valence electrons. The van der Waals surface area contributed by atoms with E-state index in [0.717, 1.165) is 24.3 Å². The van der Waals surface area contributed by atoms with Crippen molar-refractivity contribution in [2.24, 2.45) is 0 Å². The van der Waals surface area contributed by atoms with E-state index in [1.807, 2.05) is 36.7 Å². The number of aliphatic hydroxyl groups is 1. The molecule has 0 spiro atoms. The third kappa shape index (κ3) is 2.14. The Kier molecular flexibility index (Phi) is 2.84. The highest BCUT2D eigenvalue weighted by molar-refractivity contribution is 5.37. The molecule has 0 fully saturated rings. The minimum atomic E-state index is -0.409. The van der Waals surface area contributed by atoms with E-state index < -0.39 is 6.10 Å². The average molecular weight is 243 g/mol. The maximum Gasteiger partial charge on any atom is 0.123 e. The number of para-hydroxylation sites is 1. The van der Waals surface area contributed by atoms with Gasteiger partial charge in [0.25, 0.3) is 0 Å². The molecule has 3 heteroatoms. The van der Waals surface area contributed by atoms with E-state index in [1.165, 1.54) is 5.56 Å². The highest BCUT2D eigenvalue weighted by Gasteiger charge is 2.22. The van der Waals surface area contributed by atoms with Crippen molar-refractivity contribution in [1.29, 1.82) is 0 Å². The van der Waals surface area contributed by atoms with Crippen molar-refractivity contribution in [2.75, 3.05) is 0 Å². The number of aliphatic hydroxyl groups excluding tert-OH is 1. The van der Waals surface area contributed by atoms with Gasteiger partial charge in [0.15, 0.2) is 0 Å². The second-order valence-electron chi connectivity index (χ2n) is 4.87. The Morgan fingerprint density at radius 2 is 2.22 bits per heavy atom. The summed E-state index contributed by atoms with van der Waals surface area (Å²) >= 11 is 0. The fourth-order valence-electron chi connectivity index (χ4n) is 2.41. The summed E-state index contributed by atoms with van der Waals surface area (Å²) in [6, 6.07) is 10.1. The molecule has 2 atom stereocenters. The van der Waals surface area contributed by atoms with E-state index in [2.05, 4.69) is 10.6 Å². The lowest BCUT2D eigenvalue weighted by Gasteiger charge is -2.11. The molecule has 0 saturated carbocycles. The van der Waals surface area contributed by atoms with Crippen LogP contribution in [-0.4, -0.2) is 15.8 Å². The maximum absolute atomic E-state index is 9.50. The molecule has 1 aromatic heterocycles. The Balaban J connectivity index is 1.68. The Morgan fingerprint density at radius 1 is 1.39 bits per heavy atom. The molecule has 2 heterocycles. The standard InChI is InChI=1S/C15H17NO2/c1-11(17)13-6-7-16(9-13)10-14-8-12-4-2-3-5-15(12)18-14/h2-7,9,11,14,17H,8,10H2,1H3. The Labute approximate surface area is 107 Å². The number of hydrogen-bond acceptors (Lipinski definition) is 2. The smallest absolute Gasteiger partial charge is 0.123 e. The second kappa shape index (κ2) is 4.50. The van der Waals surface area contributed by atoms with Crippen LogP contribution in [0.3, 0.4) is 0 Å². The van der Waals surface area contributed by atoms with Gasteiger partial charge in [-0.25, -0.2) is 0 Å². The van der Waals surface area contributed by atoms with Crippen LogP contribution in [0.15, 0.2) is 42.7 Å². The van der Waals surface area contributed by atoms with Gasteiger partial charge < -0.3 is 14.4 Å². The van der Waals surface area contributed by atoms with Gasteiger partial charge in [-0.2, -0.15) is 0 Å². The van der Waals surface area contributed by atoms with E-state index in [4.69, 9.17) is 4.74 Å². The lowest BCUT2D eigenvalue weighted by Crippen LogP contribution is -2.19. The van der Waals surface area contributed by atoms with E-state index in [1.54, 1.807) is 6.92 Å².